The van der Waals surface area contributed by atoms with Crippen molar-refractivity contribution in [3.63, 3.8) is 0 Å². The molecule has 0 rings (SSSR count). The first-order valence-electron chi connectivity index (χ1n) is 13.1. The number of unbranched alkanes of at least 4 members (excludes halogenated alkanes) is 10. The predicted octanol–water partition coefficient (Wildman–Crippen LogP) is -7.75. The first-order chi connectivity index (χ1) is 16.4. The third kappa shape index (κ3) is 38.3. The largest absolute Gasteiger partial charge is 1.00 e. The first-order valence-corrected chi connectivity index (χ1v) is 13.1. The second kappa shape index (κ2) is 31.7. The number of carboxylic acid groups (broad SMARTS) is 2. The second-order valence-electron chi connectivity index (χ2n) is 9.93. The maximum absolute atomic E-state index is 11.6. The molecular formula is C26H50ClN3Na2O6. The van der Waals surface area contributed by atoms with Gasteiger partial charge in [0.1, 0.15) is 6.54 Å². The Hall–Kier alpha value is 0.130. The Labute approximate surface area is 281 Å². The van der Waals surface area contributed by atoms with E-state index < -0.39 is 11.9 Å². The quantitative estimate of drug-likeness (QED) is 0.0864. The van der Waals surface area contributed by atoms with Crippen LogP contribution < -0.4 is 87.1 Å². The second-order valence-corrected chi connectivity index (χ2v) is 9.93. The number of hydrogen-bond acceptors (Lipinski definition) is 6. The molecule has 0 radical (unpaired) electrons. The van der Waals surface area contributed by atoms with Crippen LogP contribution in [0.3, 0.4) is 0 Å². The van der Waals surface area contributed by atoms with Crippen LogP contribution in [0.25, 0.3) is 0 Å². The molecule has 0 aromatic heterocycles. The van der Waals surface area contributed by atoms with Gasteiger partial charge in [0, 0.05) is 33.4 Å². The van der Waals surface area contributed by atoms with Crippen LogP contribution in [0.1, 0.15) is 97.3 Å². The topological polar surface area (TPSA) is 130 Å². The van der Waals surface area contributed by atoms with Crippen molar-refractivity contribution in [2.45, 2.75) is 97.3 Å². The number of nitrogens with zero attached hydrogens (tertiary/aromatic N) is 2. The molecular weight excluding hydrogens is 532 g/mol. The Kier molecular flexibility index (Phi) is 39.9. The van der Waals surface area contributed by atoms with Gasteiger partial charge in [-0.1, -0.05) is 71.1 Å². The molecule has 0 heterocycles. The van der Waals surface area contributed by atoms with Gasteiger partial charge in [-0.3, -0.25) is 9.59 Å². The van der Waals surface area contributed by atoms with E-state index in [0.29, 0.717) is 24.0 Å². The van der Waals surface area contributed by atoms with E-state index in [1.54, 1.807) is 0 Å². The molecule has 0 spiro atoms. The zero-order valence-corrected chi connectivity index (χ0v) is 30.0. The van der Waals surface area contributed by atoms with Crippen molar-refractivity contribution < 1.29 is 105 Å². The summed E-state index contributed by atoms with van der Waals surface area (Å²) in [5, 5.41) is 23.4. The number of carbonyl (C=O) groups is 4. The van der Waals surface area contributed by atoms with E-state index in [9.17, 15) is 29.4 Å². The Balaban J connectivity index is -0.000000189. The van der Waals surface area contributed by atoms with Crippen molar-refractivity contribution >= 4 is 23.8 Å². The predicted molar refractivity (Wildman–Crippen MR) is 134 cm³/mol. The summed E-state index contributed by atoms with van der Waals surface area (Å²) < 4.78 is 0.377. The molecule has 0 saturated carbocycles. The van der Waals surface area contributed by atoms with E-state index in [1.165, 1.54) is 76.7 Å². The minimum absolute atomic E-state index is 0. The first kappa shape index (κ1) is 47.9. The number of likely N-dealkylation sites (N-methyl/N-ethyl adjacent to an activating group) is 2. The molecule has 0 bridgehead atoms. The smallest absolute Gasteiger partial charge is 1.00 e. The number of rotatable bonds is 20. The van der Waals surface area contributed by atoms with Crippen LogP contribution >= 0.6 is 0 Å². The number of hydrogen-bond donors (Lipinski definition) is 1. The van der Waals surface area contributed by atoms with E-state index in [1.807, 2.05) is 14.1 Å². The minimum atomic E-state index is -1.20. The maximum atomic E-state index is 11.6. The van der Waals surface area contributed by atoms with Crippen molar-refractivity contribution in [2.75, 3.05) is 47.3 Å². The van der Waals surface area contributed by atoms with Gasteiger partial charge in [-0.15, -0.1) is 0 Å². The minimum Gasteiger partial charge on any atom is -1.00 e. The molecule has 12 heteroatoms. The van der Waals surface area contributed by atoms with E-state index in [0.717, 1.165) is 19.3 Å². The molecule has 0 aliphatic carbocycles. The van der Waals surface area contributed by atoms with Crippen molar-refractivity contribution in [3.8, 4) is 0 Å². The summed E-state index contributed by atoms with van der Waals surface area (Å²) in [6, 6.07) is 0. The molecule has 0 aromatic rings. The van der Waals surface area contributed by atoms with E-state index >= 15 is 0 Å². The zero-order valence-electron chi connectivity index (χ0n) is 25.2. The summed E-state index contributed by atoms with van der Waals surface area (Å²) in [6.45, 7) is 4.68. The van der Waals surface area contributed by atoms with Crippen molar-refractivity contribution in [1.82, 2.24) is 10.2 Å². The Morgan fingerprint density at radius 1 is 0.763 bits per heavy atom. The van der Waals surface area contributed by atoms with Gasteiger partial charge < -0.3 is 46.9 Å². The Bertz CT molecular complexity index is 614. The third-order valence-electron chi connectivity index (χ3n) is 5.66. The number of halogens is 1. The summed E-state index contributed by atoms with van der Waals surface area (Å²) in [4.78, 5) is 44.1. The van der Waals surface area contributed by atoms with Crippen molar-refractivity contribution in [1.29, 1.82) is 0 Å². The van der Waals surface area contributed by atoms with Crippen LogP contribution in [0, 0.1) is 0 Å². The summed E-state index contributed by atoms with van der Waals surface area (Å²) in [6.07, 6.45) is 14.9. The van der Waals surface area contributed by atoms with Gasteiger partial charge in [0.05, 0.1) is 39.1 Å². The fraction of sp³-hybridized carbons (Fsp3) is 0.846. The van der Waals surface area contributed by atoms with Crippen LogP contribution in [0.2, 0.25) is 0 Å². The molecule has 0 aliphatic rings. The average Bonchev–Trinajstić information content (AvgIpc) is 2.74. The monoisotopic (exact) mass is 581 g/mol. The van der Waals surface area contributed by atoms with Crippen molar-refractivity contribution in [3.05, 3.63) is 0 Å². The molecule has 0 unspecified atom stereocenters. The zero-order chi connectivity index (χ0) is 27.1. The average molecular weight is 582 g/mol. The van der Waals surface area contributed by atoms with Gasteiger partial charge in [0.15, 0.2) is 0 Å². The molecule has 1 N–H and O–H groups in total. The van der Waals surface area contributed by atoms with Crippen LogP contribution in [0.5, 0.6) is 0 Å². The van der Waals surface area contributed by atoms with Gasteiger partial charge in [-0.2, -0.15) is 0 Å². The molecule has 2 amide bonds. The number of amides is 2. The summed E-state index contributed by atoms with van der Waals surface area (Å²) in [7, 11) is 5.16. The van der Waals surface area contributed by atoms with Gasteiger partial charge >= 0.3 is 59.1 Å². The van der Waals surface area contributed by atoms with Gasteiger partial charge in [-0.05, 0) is 6.42 Å². The van der Waals surface area contributed by atoms with Gasteiger partial charge in [0.2, 0.25) is 11.8 Å². The summed E-state index contributed by atoms with van der Waals surface area (Å²) in [5.74, 6) is -2.41. The number of carboxylic acids is 2. The van der Waals surface area contributed by atoms with E-state index in [4.69, 9.17) is 0 Å². The van der Waals surface area contributed by atoms with Crippen molar-refractivity contribution in [2.24, 2.45) is 0 Å². The molecule has 0 aromatic carbocycles. The normalized spacial score (nSPS) is 9.92. The molecule has 38 heavy (non-hydrogen) atoms. The van der Waals surface area contributed by atoms with E-state index in [-0.39, 0.29) is 96.4 Å². The summed E-state index contributed by atoms with van der Waals surface area (Å²) >= 11 is 0. The molecule has 0 saturated heterocycles. The number of carbonyl (C=O) groups excluding carboxylic acids is 4. The molecule has 0 atom stereocenters. The Morgan fingerprint density at radius 2 is 1.21 bits per heavy atom. The standard InChI is InChI=1S/C17H33NO3.C9H18N2O3.ClH.2Na/c1-3-4-5-6-7-8-9-10-11-12-13-14-16(19)18(2)15-17(20)21;1-8(12)10-5-4-6-11(2,3)7-9(13)14;;;/h3-15H2,1-2H3,(H,20,21);4-7H2,1-3H3,(H-,10,12,13,14);1H;;/q;;;2*+1/p-2. The fourth-order valence-electron chi connectivity index (χ4n) is 3.61. The third-order valence-corrected chi connectivity index (χ3v) is 5.66. The molecule has 9 nitrogen and oxygen atoms in total. The number of nitrogens with one attached hydrogen (secondary N) is 1. The number of aliphatic carboxylic acids is 2. The van der Waals surface area contributed by atoms with Crippen LogP contribution in [0.4, 0.5) is 0 Å². The molecule has 0 fully saturated rings. The van der Waals surface area contributed by atoms with Crippen LogP contribution in [-0.4, -0.2) is 80.5 Å². The van der Waals surface area contributed by atoms with Crippen LogP contribution in [0.15, 0.2) is 0 Å². The van der Waals surface area contributed by atoms with E-state index in [2.05, 4.69) is 12.2 Å². The molecule has 214 valence electrons. The van der Waals surface area contributed by atoms with Gasteiger partial charge in [-0.25, -0.2) is 0 Å². The summed E-state index contributed by atoms with van der Waals surface area (Å²) in [5.41, 5.74) is 0. The van der Waals surface area contributed by atoms with Gasteiger partial charge in [0.25, 0.3) is 0 Å². The number of quaternary nitrogens is 1. The fourth-order valence-corrected chi connectivity index (χ4v) is 3.61. The Morgan fingerprint density at radius 3 is 1.61 bits per heavy atom. The van der Waals surface area contributed by atoms with Crippen LogP contribution in [-0.2, 0) is 19.2 Å². The SMILES string of the molecule is CC(=O)NCCC[N+](C)(C)CC(=O)[O-].CCCCCCCCCCCCCC(=O)N(C)CC(=O)[O-].[Cl-].[Na+].[Na+]. The molecule has 0 aliphatic heterocycles. The maximum Gasteiger partial charge on any atom is 1.00 e.